The quantitative estimate of drug-likeness (QED) is 0.473. The van der Waals surface area contributed by atoms with Gasteiger partial charge in [-0.2, -0.15) is 0 Å². The number of nitrogens with two attached hydrogens (primary N) is 1. The average molecular weight is 232 g/mol. The van der Waals surface area contributed by atoms with Crippen molar-refractivity contribution in [2.24, 2.45) is 0 Å². The number of aromatic amines is 1. The van der Waals surface area contributed by atoms with Crippen LogP contribution in [0.15, 0.2) is 36.7 Å². The van der Waals surface area contributed by atoms with Gasteiger partial charge in [0.25, 0.3) is 0 Å². The maximum absolute atomic E-state index is 10.7. The van der Waals surface area contributed by atoms with Gasteiger partial charge < -0.3 is 10.7 Å². The summed E-state index contributed by atoms with van der Waals surface area (Å²) >= 11 is 0. The van der Waals surface area contributed by atoms with Crippen LogP contribution < -0.4 is 5.73 Å². The van der Waals surface area contributed by atoms with E-state index in [-0.39, 0.29) is 17.4 Å². The number of nitrogen functional groups attached to an aromatic ring is 1. The Balaban J connectivity index is 2.33. The molecule has 3 N–H and O–H groups in total. The molecule has 17 heavy (non-hydrogen) atoms. The average Bonchev–Trinajstić information content (AvgIpc) is 2.80. The second kappa shape index (κ2) is 4.65. The number of nitrogens with one attached hydrogen (secondary N) is 1. The number of benzene rings is 1. The standard InChI is InChI=1S/C11H12N4O2/c12-9-3-1-8(2-4-9)10(7-15(16)17)11-13-5-6-14-11/h1-6,10H,7,12H2,(H,13,14). The third kappa shape index (κ3) is 2.60. The highest BCUT2D eigenvalue weighted by molar-refractivity contribution is 5.41. The molecule has 0 bridgehead atoms. The summed E-state index contributed by atoms with van der Waals surface area (Å²) in [5.41, 5.74) is 7.05. The third-order valence-electron chi connectivity index (χ3n) is 2.52. The molecule has 0 radical (unpaired) electrons. The molecule has 1 aromatic heterocycles. The van der Waals surface area contributed by atoms with Crippen LogP contribution in [-0.2, 0) is 0 Å². The molecule has 0 saturated carbocycles. The summed E-state index contributed by atoms with van der Waals surface area (Å²) in [5.74, 6) is 0.215. The molecule has 1 heterocycles. The van der Waals surface area contributed by atoms with E-state index >= 15 is 0 Å². The summed E-state index contributed by atoms with van der Waals surface area (Å²) < 4.78 is 0. The van der Waals surface area contributed by atoms with E-state index in [1.54, 1.807) is 36.7 Å². The smallest absolute Gasteiger partial charge is 0.217 e. The van der Waals surface area contributed by atoms with E-state index in [1.807, 2.05) is 0 Å². The zero-order valence-corrected chi connectivity index (χ0v) is 9.04. The molecule has 1 aromatic carbocycles. The Morgan fingerprint density at radius 2 is 2.12 bits per heavy atom. The lowest BCUT2D eigenvalue weighted by Gasteiger charge is -2.10. The Bertz CT molecular complexity index is 493. The van der Waals surface area contributed by atoms with Crippen molar-refractivity contribution in [1.82, 2.24) is 9.97 Å². The fraction of sp³-hybridized carbons (Fsp3) is 0.182. The van der Waals surface area contributed by atoms with Crippen LogP contribution in [0.4, 0.5) is 5.69 Å². The first-order chi connectivity index (χ1) is 8.16. The van der Waals surface area contributed by atoms with E-state index in [4.69, 9.17) is 5.73 Å². The highest BCUT2D eigenvalue weighted by atomic mass is 16.6. The fourth-order valence-electron chi connectivity index (χ4n) is 1.70. The molecule has 0 aliphatic carbocycles. The summed E-state index contributed by atoms with van der Waals surface area (Å²) in [5, 5.41) is 10.7. The minimum Gasteiger partial charge on any atom is -0.399 e. The fourth-order valence-corrected chi connectivity index (χ4v) is 1.70. The summed E-state index contributed by atoms with van der Waals surface area (Å²) in [4.78, 5) is 17.3. The number of nitro groups is 1. The van der Waals surface area contributed by atoms with Gasteiger partial charge in [-0.1, -0.05) is 12.1 Å². The molecule has 0 saturated heterocycles. The minimum atomic E-state index is -0.374. The van der Waals surface area contributed by atoms with Gasteiger partial charge in [0.15, 0.2) is 0 Å². The van der Waals surface area contributed by atoms with E-state index in [2.05, 4.69) is 9.97 Å². The molecule has 1 atom stereocenters. The second-order valence-electron chi connectivity index (χ2n) is 3.71. The highest BCUT2D eigenvalue weighted by Gasteiger charge is 2.22. The van der Waals surface area contributed by atoms with Gasteiger partial charge in [0.1, 0.15) is 11.7 Å². The zero-order chi connectivity index (χ0) is 12.3. The van der Waals surface area contributed by atoms with Gasteiger partial charge in [-0.15, -0.1) is 0 Å². The topological polar surface area (TPSA) is 97.8 Å². The van der Waals surface area contributed by atoms with Crippen molar-refractivity contribution >= 4 is 5.69 Å². The van der Waals surface area contributed by atoms with Gasteiger partial charge in [-0.25, -0.2) is 4.98 Å². The van der Waals surface area contributed by atoms with Gasteiger partial charge in [-0.3, -0.25) is 10.1 Å². The normalized spacial score (nSPS) is 12.2. The Kier molecular flexibility index (Phi) is 3.04. The number of H-pyrrole nitrogens is 1. The predicted molar refractivity (Wildman–Crippen MR) is 63.1 cm³/mol. The van der Waals surface area contributed by atoms with Crippen molar-refractivity contribution in [3.8, 4) is 0 Å². The zero-order valence-electron chi connectivity index (χ0n) is 9.04. The highest BCUT2D eigenvalue weighted by Crippen LogP contribution is 2.22. The molecule has 0 fully saturated rings. The number of hydrogen-bond acceptors (Lipinski definition) is 4. The molecule has 2 aromatic rings. The molecule has 1 unspecified atom stereocenters. The molecule has 6 nitrogen and oxygen atoms in total. The van der Waals surface area contributed by atoms with Gasteiger partial charge in [0, 0.05) is 23.0 Å². The van der Waals surface area contributed by atoms with Crippen molar-refractivity contribution in [3.05, 3.63) is 58.2 Å². The number of rotatable bonds is 4. The maximum atomic E-state index is 10.7. The van der Waals surface area contributed by atoms with Crippen LogP contribution in [0, 0.1) is 10.1 Å². The molecule has 88 valence electrons. The Morgan fingerprint density at radius 1 is 1.41 bits per heavy atom. The first-order valence-electron chi connectivity index (χ1n) is 5.13. The number of aromatic nitrogens is 2. The van der Waals surface area contributed by atoms with E-state index in [0.29, 0.717) is 11.5 Å². The summed E-state index contributed by atoms with van der Waals surface area (Å²) in [7, 11) is 0. The monoisotopic (exact) mass is 232 g/mol. The lowest BCUT2D eigenvalue weighted by Crippen LogP contribution is -2.15. The third-order valence-corrected chi connectivity index (χ3v) is 2.52. The minimum absolute atomic E-state index is 0.197. The molecule has 0 aliphatic heterocycles. The van der Waals surface area contributed by atoms with Crippen LogP contribution >= 0.6 is 0 Å². The van der Waals surface area contributed by atoms with Crippen molar-refractivity contribution in [3.63, 3.8) is 0 Å². The van der Waals surface area contributed by atoms with Gasteiger partial charge in [0.05, 0.1) is 0 Å². The van der Waals surface area contributed by atoms with Crippen LogP contribution in [0.3, 0.4) is 0 Å². The van der Waals surface area contributed by atoms with Crippen LogP contribution in [0.5, 0.6) is 0 Å². The van der Waals surface area contributed by atoms with Crippen molar-refractivity contribution in [1.29, 1.82) is 0 Å². The lowest BCUT2D eigenvalue weighted by atomic mass is 9.98. The Labute approximate surface area is 97.6 Å². The Morgan fingerprint density at radius 3 is 2.65 bits per heavy atom. The first kappa shape index (κ1) is 11.1. The van der Waals surface area contributed by atoms with E-state index in [9.17, 15) is 10.1 Å². The molecular weight excluding hydrogens is 220 g/mol. The van der Waals surface area contributed by atoms with Crippen LogP contribution in [0.25, 0.3) is 0 Å². The van der Waals surface area contributed by atoms with Crippen molar-refractivity contribution < 1.29 is 4.92 Å². The molecule has 0 amide bonds. The van der Waals surface area contributed by atoms with Gasteiger partial charge in [-0.05, 0) is 17.7 Å². The summed E-state index contributed by atoms with van der Waals surface area (Å²) in [6, 6.07) is 7.02. The Hall–Kier alpha value is -2.37. The molecule has 0 aliphatic rings. The van der Waals surface area contributed by atoms with Gasteiger partial charge >= 0.3 is 0 Å². The van der Waals surface area contributed by atoms with Crippen LogP contribution in [-0.4, -0.2) is 21.4 Å². The van der Waals surface area contributed by atoms with Crippen LogP contribution in [0.2, 0.25) is 0 Å². The van der Waals surface area contributed by atoms with E-state index in [0.717, 1.165) is 5.56 Å². The number of nitrogens with zero attached hydrogens (tertiary/aromatic N) is 2. The van der Waals surface area contributed by atoms with Gasteiger partial charge in [0.2, 0.25) is 6.54 Å². The predicted octanol–water partition coefficient (Wildman–Crippen LogP) is 1.40. The van der Waals surface area contributed by atoms with E-state index in [1.165, 1.54) is 0 Å². The van der Waals surface area contributed by atoms with Crippen molar-refractivity contribution in [2.45, 2.75) is 5.92 Å². The van der Waals surface area contributed by atoms with Crippen molar-refractivity contribution in [2.75, 3.05) is 12.3 Å². The summed E-state index contributed by atoms with van der Waals surface area (Å²) in [6.07, 6.45) is 3.24. The first-order valence-corrected chi connectivity index (χ1v) is 5.13. The molecular formula is C11H12N4O2. The number of anilines is 1. The largest absolute Gasteiger partial charge is 0.399 e. The van der Waals surface area contributed by atoms with E-state index < -0.39 is 0 Å². The lowest BCUT2D eigenvalue weighted by molar-refractivity contribution is -0.482. The molecule has 2 rings (SSSR count). The number of hydrogen-bond donors (Lipinski definition) is 2. The maximum Gasteiger partial charge on any atom is 0.217 e. The number of imidazole rings is 1. The molecule has 0 spiro atoms. The summed E-state index contributed by atoms with van der Waals surface area (Å²) in [6.45, 7) is -0.197. The second-order valence-corrected chi connectivity index (χ2v) is 3.71. The SMILES string of the molecule is Nc1ccc(C(C[N+](=O)[O-])c2ncc[nH]2)cc1. The van der Waals surface area contributed by atoms with Crippen LogP contribution in [0.1, 0.15) is 17.3 Å². The molecule has 6 heteroatoms.